The van der Waals surface area contributed by atoms with Gasteiger partial charge in [-0.15, -0.1) is 0 Å². The molecular weight excluding hydrogens is 246 g/mol. The number of hydrogen-bond acceptors (Lipinski definition) is 2. The molecule has 0 spiro atoms. The Kier molecular flexibility index (Phi) is 3.36. The number of benzene rings is 1. The summed E-state index contributed by atoms with van der Waals surface area (Å²) >= 11 is 5.64. The van der Waals surface area contributed by atoms with Crippen LogP contribution >= 0.6 is 11.6 Å². The summed E-state index contributed by atoms with van der Waals surface area (Å²) in [7, 11) is 0. The number of rotatable bonds is 2. The maximum atomic E-state index is 13.6. The van der Waals surface area contributed by atoms with Crippen LogP contribution in [0.3, 0.4) is 0 Å². The highest BCUT2D eigenvalue weighted by Crippen LogP contribution is 2.24. The van der Waals surface area contributed by atoms with Gasteiger partial charge in [-0.05, 0) is 23.8 Å². The van der Waals surface area contributed by atoms with E-state index in [-0.39, 0.29) is 10.6 Å². The molecule has 0 saturated carbocycles. The molecule has 0 aliphatic carbocycles. The predicted molar refractivity (Wildman–Crippen MR) is 61.6 cm³/mol. The Labute approximate surface area is 102 Å². The van der Waals surface area contributed by atoms with Gasteiger partial charge in [0.1, 0.15) is 11.6 Å². The lowest BCUT2D eigenvalue weighted by molar-refractivity contribution is 0.593. The van der Waals surface area contributed by atoms with Crippen molar-refractivity contribution in [3.63, 3.8) is 0 Å². The van der Waals surface area contributed by atoms with E-state index in [1.807, 2.05) is 0 Å². The first-order chi connectivity index (χ1) is 8.08. The fourth-order valence-electron chi connectivity index (χ4n) is 1.53. The lowest BCUT2D eigenvalue weighted by Gasteiger charge is -2.13. The molecule has 0 bridgehead atoms. The summed E-state index contributed by atoms with van der Waals surface area (Å²) in [6.07, 6.45) is 2.47. The van der Waals surface area contributed by atoms with Crippen molar-refractivity contribution in [1.82, 2.24) is 4.98 Å². The minimum Gasteiger partial charge on any atom is -0.320 e. The van der Waals surface area contributed by atoms with Gasteiger partial charge in [0.2, 0.25) is 0 Å². The highest BCUT2D eigenvalue weighted by Gasteiger charge is 2.14. The molecule has 2 nitrogen and oxygen atoms in total. The molecule has 0 fully saturated rings. The van der Waals surface area contributed by atoms with Gasteiger partial charge in [0.25, 0.3) is 0 Å². The van der Waals surface area contributed by atoms with Gasteiger partial charge in [0.15, 0.2) is 0 Å². The Morgan fingerprint density at radius 1 is 1.18 bits per heavy atom. The number of aromatic nitrogens is 1. The first kappa shape index (κ1) is 12.0. The second kappa shape index (κ2) is 4.77. The highest BCUT2D eigenvalue weighted by atomic mass is 35.5. The Hall–Kier alpha value is -1.52. The van der Waals surface area contributed by atoms with Crippen LogP contribution in [0.25, 0.3) is 0 Å². The average Bonchev–Trinajstić information content (AvgIpc) is 2.28. The van der Waals surface area contributed by atoms with Gasteiger partial charge in [-0.2, -0.15) is 0 Å². The molecule has 0 aliphatic heterocycles. The molecule has 0 saturated heterocycles. The van der Waals surface area contributed by atoms with Crippen LogP contribution in [-0.2, 0) is 0 Å². The van der Waals surface area contributed by atoms with Gasteiger partial charge in [-0.1, -0.05) is 17.7 Å². The van der Waals surface area contributed by atoms with E-state index in [2.05, 4.69) is 4.98 Å². The van der Waals surface area contributed by atoms with Gasteiger partial charge in [-0.25, -0.2) is 8.78 Å². The van der Waals surface area contributed by atoms with E-state index in [0.29, 0.717) is 5.56 Å². The van der Waals surface area contributed by atoms with Crippen molar-refractivity contribution >= 4 is 11.6 Å². The summed E-state index contributed by atoms with van der Waals surface area (Å²) in [6.45, 7) is 0. The molecule has 1 aromatic carbocycles. The first-order valence-corrected chi connectivity index (χ1v) is 5.26. The fourth-order valence-corrected chi connectivity index (χ4v) is 1.69. The van der Waals surface area contributed by atoms with Gasteiger partial charge in [0.05, 0.1) is 12.2 Å². The van der Waals surface area contributed by atoms with Gasteiger partial charge >= 0.3 is 0 Å². The second-order valence-electron chi connectivity index (χ2n) is 3.58. The standard InChI is InChI=1S/C12H9ClF2N2/c13-8-1-2-10(11(15)4-8)12(16)7-3-9(14)6-17-5-7/h1-6,12H,16H2. The SMILES string of the molecule is NC(c1cncc(F)c1)c1ccc(Cl)cc1F. The van der Waals surface area contributed by atoms with Crippen molar-refractivity contribution in [3.05, 3.63) is 64.4 Å². The predicted octanol–water partition coefficient (Wildman–Crippen LogP) is 3.06. The third-order valence-electron chi connectivity index (χ3n) is 2.38. The highest BCUT2D eigenvalue weighted by molar-refractivity contribution is 6.30. The van der Waals surface area contributed by atoms with E-state index < -0.39 is 17.7 Å². The van der Waals surface area contributed by atoms with Crippen molar-refractivity contribution < 1.29 is 8.78 Å². The quantitative estimate of drug-likeness (QED) is 0.895. The van der Waals surface area contributed by atoms with Crippen LogP contribution < -0.4 is 5.73 Å². The Morgan fingerprint density at radius 2 is 1.94 bits per heavy atom. The molecule has 5 heteroatoms. The smallest absolute Gasteiger partial charge is 0.141 e. The van der Waals surface area contributed by atoms with Crippen LogP contribution in [0.2, 0.25) is 5.02 Å². The molecular formula is C12H9ClF2N2. The molecule has 2 aromatic rings. The number of hydrogen-bond donors (Lipinski definition) is 1. The Bertz CT molecular complexity index is 546. The zero-order valence-electron chi connectivity index (χ0n) is 8.70. The van der Waals surface area contributed by atoms with E-state index in [0.717, 1.165) is 6.20 Å². The van der Waals surface area contributed by atoms with Gasteiger partial charge in [-0.3, -0.25) is 4.98 Å². The average molecular weight is 255 g/mol. The van der Waals surface area contributed by atoms with E-state index >= 15 is 0 Å². The lowest BCUT2D eigenvalue weighted by Crippen LogP contribution is -2.14. The molecule has 1 heterocycles. The molecule has 88 valence electrons. The first-order valence-electron chi connectivity index (χ1n) is 4.89. The van der Waals surface area contributed by atoms with Crippen molar-refractivity contribution in [2.24, 2.45) is 5.73 Å². The monoisotopic (exact) mass is 254 g/mol. The largest absolute Gasteiger partial charge is 0.320 e. The number of nitrogens with two attached hydrogens (primary N) is 1. The summed E-state index contributed by atoms with van der Waals surface area (Å²) in [4.78, 5) is 3.67. The third kappa shape index (κ3) is 2.60. The normalized spacial score (nSPS) is 12.5. The van der Waals surface area contributed by atoms with Crippen LogP contribution in [0, 0.1) is 11.6 Å². The van der Waals surface area contributed by atoms with E-state index in [1.54, 1.807) is 0 Å². The molecule has 1 atom stereocenters. The van der Waals surface area contributed by atoms with Crippen LogP contribution in [0.15, 0.2) is 36.7 Å². The van der Waals surface area contributed by atoms with Crippen LogP contribution in [0.4, 0.5) is 8.78 Å². The molecule has 1 aromatic heterocycles. The van der Waals surface area contributed by atoms with Crippen molar-refractivity contribution in [1.29, 1.82) is 0 Å². The summed E-state index contributed by atoms with van der Waals surface area (Å²) in [5.41, 5.74) is 6.51. The number of pyridine rings is 1. The van der Waals surface area contributed by atoms with Crippen LogP contribution in [-0.4, -0.2) is 4.98 Å². The minimum atomic E-state index is -0.768. The Morgan fingerprint density at radius 3 is 2.59 bits per heavy atom. The van der Waals surface area contributed by atoms with Crippen molar-refractivity contribution in [2.45, 2.75) is 6.04 Å². The summed E-state index contributed by atoms with van der Waals surface area (Å²) in [6, 6.07) is 4.64. The molecule has 0 radical (unpaired) electrons. The molecule has 1 unspecified atom stereocenters. The maximum absolute atomic E-state index is 13.6. The van der Waals surface area contributed by atoms with Crippen molar-refractivity contribution in [3.8, 4) is 0 Å². The number of halogens is 3. The Balaban J connectivity index is 2.40. The summed E-state index contributed by atoms with van der Waals surface area (Å²) in [5.74, 6) is -1.03. The molecule has 0 aliphatic rings. The minimum absolute atomic E-state index is 0.252. The summed E-state index contributed by atoms with van der Waals surface area (Å²) in [5, 5.41) is 0.288. The fraction of sp³-hybridized carbons (Fsp3) is 0.0833. The molecule has 2 rings (SSSR count). The molecule has 0 amide bonds. The van der Waals surface area contributed by atoms with E-state index in [1.165, 1.54) is 30.5 Å². The molecule has 17 heavy (non-hydrogen) atoms. The van der Waals surface area contributed by atoms with Crippen molar-refractivity contribution in [2.75, 3.05) is 0 Å². The van der Waals surface area contributed by atoms with Gasteiger partial charge < -0.3 is 5.73 Å². The van der Waals surface area contributed by atoms with E-state index in [9.17, 15) is 8.78 Å². The maximum Gasteiger partial charge on any atom is 0.141 e. The topological polar surface area (TPSA) is 38.9 Å². The zero-order chi connectivity index (χ0) is 12.4. The number of nitrogens with zero attached hydrogens (tertiary/aromatic N) is 1. The zero-order valence-corrected chi connectivity index (χ0v) is 9.46. The van der Waals surface area contributed by atoms with E-state index in [4.69, 9.17) is 17.3 Å². The summed E-state index contributed by atoms with van der Waals surface area (Å²) < 4.78 is 26.6. The van der Waals surface area contributed by atoms with Crippen LogP contribution in [0.1, 0.15) is 17.2 Å². The lowest BCUT2D eigenvalue weighted by atomic mass is 10.0. The second-order valence-corrected chi connectivity index (χ2v) is 4.02. The third-order valence-corrected chi connectivity index (χ3v) is 2.62. The van der Waals surface area contributed by atoms with Crippen LogP contribution in [0.5, 0.6) is 0 Å². The van der Waals surface area contributed by atoms with Gasteiger partial charge in [0, 0.05) is 16.8 Å². The molecule has 2 N–H and O–H groups in total.